The number of hydrogen-bond donors (Lipinski definition) is 1. The highest BCUT2D eigenvalue weighted by Crippen LogP contribution is 2.16. The number of hydrogen-bond acceptors (Lipinski definition) is 7. The Kier molecular flexibility index (Phi) is 60.0. The number of ether oxygens (including phenoxy) is 4. The Morgan fingerprint density at radius 3 is 1.02 bits per heavy atom. The summed E-state index contributed by atoms with van der Waals surface area (Å²) in [4.78, 5) is 37.5. The first-order valence-corrected chi connectivity index (χ1v) is 33.3. The van der Waals surface area contributed by atoms with E-state index >= 15 is 0 Å². The highest BCUT2D eigenvalue weighted by atomic mass is 16.7. The van der Waals surface area contributed by atoms with Crippen LogP contribution >= 0.6 is 0 Å². The number of carboxylic acids is 1. The lowest BCUT2D eigenvalue weighted by Gasteiger charge is -2.25. The van der Waals surface area contributed by atoms with Gasteiger partial charge in [0.15, 0.2) is 6.10 Å². The van der Waals surface area contributed by atoms with Crippen molar-refractivity contribution in [3.05, 3.63) is 134 Å². The molecule has 0 heterocycles. The molecule has 0 aliphatic rings. The van der Waals surface area contributed by atoms with Gasteiger partial charge in [-0.05, 0) is 96.3 Å². The van der Waals surface area contributed by atoms with E-state index in [-0.39, 0.29) is 32.2 Å². The first-order chi connectivity index (χ1) is 40.6. The SMILES string of the molecule is CC/C=C\C/C=C\C/C=C\C/C=C\C/C=C\C/C=C\C/C=C\C/C=C\C/C=C\C/C=C\C/C=C\CCCCCCCCCC(=O)OC(COC(=O)CCCCCCCCCCCCCCCCCCC)COC(OCC[N+](C)(C)C)C(=O)O. The van der Waals surface area contributed by atoms with Crippen molar-refractivity contribution >= 4 is 17.9 Å². The molecule has 83 heavy (non-hydrogen) atoms. The maximum atomic E-state index is 12.9. The van der Waals surface area contributed by atoms with Gasteiger partial charge in [-0.15, -0.1) is 0 Å². The van der Waals surface area contributed by atoms with E-state index < -0.39 is 24.3 Å². The molecule has 0 fully saturated rings. The van der Waals surface area contributed by atoms with Crippen LogP contribution in [0.4, 0.5) is 0 Å². The van der Waals surface area contributed by atoms with E-state index in [4.69, 9.17) is 18.9 Å². The van der Waals surface area contributed by atoms with Crippen molar-refractivity contribution < 1.29 is 42.9 Å². The molecular weight excluding hydrogens is 1030 g/mol. The highest BCUT2D eigenvalue weighted by molar-refractivity contribution is 5.71. The third-order valence-corrected chi connectivity index (χ3v) is 13.9. The number of carbonyl (C=O) groups is 3. The number of likely N-dealkylation sites (N-methyl/N-ethyl adjacent to an activating group) is 1. The molecule has 0 rings (SSSR count). The van der Waals surface area contributed by atoms with Crippen LogP contribution in [-0.4, -0.2) is 87.4 Å². The zero-order valence-corrected chi connectivity index (χ0v) is 53.8. The number of quaternary nitrogens is 1. The van der Waals surface area contributed by atoms with Crippen molar-refractivity contribution in [3.8, 4) is 0 Å². The minimum atomic E-state index is -1.52. The summed E-state index contributed by atoms with van der Waals surface area (Å²) in [5.41, 5.74) is 0. The van der Waals surface area contributed by atoms with E-state index in [1.807, 2.05) is 21.1 Å². The molecule has 0 aliphatic heterocycles. The van der Waals surface area contributed by atoms with Crippen molar-refractivity contribution in [2.24, 2.45) is 0 Å². The molecule has 0 aromatic carbocycles. The van der Waals surface area contributed by atoms with Crippen molar-refractivity contribution in [3.63, 3.8) is 0 Å². The monoisotopic (exact) mass is 1150 g/mol. The number of rotatable bonds is 60. The molecule has 0 amide bonds. The lowest BCUT2D eigenvalue weighted by molar-refractivity contribution is -0.870. The molecule has 0 aromatic rings. The lowest BCUT2D eigenvalue weighted by Crippen LogP contribution is -2.40. The number of aliphatic carboxylic acids is 1. The van der Waals surface area contributed by atoms with Gasteiger partial charge in [-0.3, -0.25) is 9.59 Å². The third-order valence-electron chi connectivity index (χ3n) is 13.9. The summed E-state index contributed by atoms with van der Waals surface area (Å²) in [7, 11) is 5.96. The summed E-state index contributed by atoms with van der Waals surface area (Å²) < 4.78 is 22.9. The first kappa shape index (κ1) is 78.4. The number of carboxylic acid groups (broad SMARTS) is 1. The minimum Gasteiger partial charge on any atom is -0.477 e. The quantitative estimate of drug-likeness (QED) is 0.0211. The van der Waals surface area contributed by atoms with Crippen LogP contribution in [0.1, 0.15) is 258 Å². The van der Waals surface area contributed by atoms with Crippen molar-refractivity contribution in [1.29, 1.82) is 0 Å². The topological polar surface area (TPSA) is 108 Å². The Morgan fingerprint density at radius 2 is 0.687 bits per heavy atom. The predicted molar refractivity (Wildman–Crippen MR) is 354 cm³/mol. The van der Waals surface area contributed by atoms with Gasteiger partial charge in [-0.25, -0.2) is 4.79 Å². The maximum absolute atomic E-state index is 12.9. The van der Waals surface area contributed by atoms with Gasteiger partial charge in [0.1, 0.15) is 13.2 Å². The average Bonchev–Trinajstić information content (AvgIpc) is 3.46. The van der Waals surface area contributed by atoms with E-state index in [1.54, 1.807) is 0 Å². The van der Waals surface area contributed by atoms with Crippen LogP contribution in [0, 0.1) is 0 Å². The molecule has 1 N–H and O–H groups in total. The normalized spacial score (nSPS) is 13.6. The molecule has 0 saturated heterocycles. The van der Waals surface area contributed by atoms with E-state index in [0.717, 1.165) is 116 Å². The summed E-state index contributed by atoms with van der Waals surface area (Å²) in [5.74, 6) is -2.02. The van der Waals surface area contributed by atoms with Gasteiger partial charge in [-0.1, -0.05) is 282 Å². The van der Waals surface area contributed by atoms with Gasteiger partial charge in [-0.2, -0.15) is 0 Å². The van der Waals surface area contributed by atoms with Crippen molar-refractivity contribution in [2.45, 2.75) is 270 Å². The largest absolute Gasteiger partial charge is 0.477 e. The molecule has 2 unspecified atom stereocenters. The van der Waals surface area contributed by atoms with Gasteiger partial charge < -0.3 is 28.5 Å². The van der Waals surface area contributed by atoms with Crippen LogP contribution in [0.5, 0.6) is 0 Å². The fraction of sp³-hybridized carbons (Fsp3) is 0.662. The Hall–Kier alpha value is -4.57. The summed E-state index contributed by atoms with van der Waals surface area (Å²) in [6.07, 6.45) is 88.3. The maximum Gasteiger partial charge on any atom is 0.361 e. The molecule has 0 radical (unpaired) electrons. The highest BCUT2D eigenvalue weighted by Gasteiger charge is 2.25. The number of nitrogens with zero attached hydrogens (tertiary/aromatic N) is 1. The molecule has 0 aliphatic carbocycles. The molecule has 9 nitrogen and oxygen atoms in total. The second-order valence-electron chi connectivity index (χ2n) is 23.1. The summed E-state index contributed by atoms with van der Waals surface area (Å²) >= 11 is 0. The van der Waals surface area contributed by atoms with E-state index in [1.165, 1.54) is 109 Å². The van der Waals surface area contributed by atoms with Crippen molar-refractivity contribution in [1.82, 2.24) is 0 Å². The van der Waals surface area contributed by atoms with E-state index in [9.17, 15) is 19.5 Å². The molecular formula is C74H124NO8+. The van der Waals surface area contributed by atoms with Crippen LogP contribution < -0.4 is 0 Å². The van der Waals surface area contributed by atoms with Crippen LogP contribution in [-0.2, 0) is 33.3 Å². The number of unbranched alkanes of at least 4 members (excludes halogenated alkanes) is 23. The van der Waals surface area contributed by atoms with Gasteiger partial charge in [0.25, 0.3) is 6.29 Å². The Morgan fingerprint density at radius 1 is 0.373 bits per heavy atom. The van der Waals surface area contributed by atoms with E-state index in [0.29, 0.717) is 23.9 Å². The average molecular weight is 1160 g/mol. The van der Waals surface area contributed by atoms with Gasteiger partial charge in [0.05, 0.1) is 34.4 Å². The fourth-order valence-electron chi connectivity index (χ4n) is 8.84. The third kappa shape index (κ3) is 64.8. The Bertz CT molecular complexity index is 1820. The second kappa shape index (κ2) is 63.5. The molecule has 0 spiro atoms. The predicted octanol–water partition coefficient (Wildman–Crippen LogP) is 20.6. The minimum absolute atomic E-state index is 0.181. The van der Waals surface area contributed by atoms with Crippen LogP contribution in [0.15, 0.2) is 134 Å². The summed E-state index contributed by atoms with van der Waals surface area (Å²) in [6, 6.07) is 0. The number of allylic oxidation sites excluding steroid dienone is 22. The van der Waals surface area contributed by atoms with Crippen LogP contribution in [0.2, 0.25) is 0 Å². The molecule has 472 valence electrons. The molecule has 0 bridgehead atoms. The molecule has 2 atom stereocenters. The number of carbonyl (C=O) groups excluding carboxylic acids is 2. The lowest BCUT2D eigenvalue weighted by atomic mass is 10.0. The fourth-order valence-corrected chi connectivity index (χ4v) is 8.84. The Labute approximate surface area is 509 Å². The van der Waals surface area contributed by atoms with Crippen LogP contribution in [0.25, 0.3) is 0 Å². The van der Waals surface area contributed by atoms with Gasteiger partial charge in [0, 0.05) is 12.8 Å². The first-order valence-electron chi connectivity index (χ1n) is 33.3. The number of esters is 2. The summed E-state index contributed by atoms with van der Waals surface area (Å²) in [5, 5.41) is 9.72. The van der Waals surface area contributed by atoms with Crippen LogP contribution in [0.3, 0.4) is 0 Å². The van der Waals surface area contributed by atoms with Gasteiger partial charge >= 0.3 is 17.9 Å². The molecule has 0 saturated carbocycles. The zero-order valence-electron chi connectivity index (χ0n) is 53.8. The standard InChI is InChI=1S/C74H123NO8/c1-6-8-10-12-14-16-18-20-22-24-25-26-27-28-29-30-31-32-33-34-35-36-37-38-39-40-41-42-43-44-45-46-47-49-51-53-55-57-59-61-63-65-72(77)83-70(69-82-74(73(78)79)80-67-66-75(3,4)5)68-81-71(76)64-62-60-58-56-54-52-50-48-23-21-19-17-15-13-11-9-7-2/h8,10,14,16,20,22,25-26,28-29,31-32,34-35,37-38,40-41,43-44,46-47,70,74H,6-7,9,11-13,15,17-19,21,23-24,27,30,33,36,39,42,45,48-69H2,1-5H3/p+1/b10-8-,16-14-,22-20-,26-25-,29-28-,32-31-,35-34-,38-37-,41-40-,44-43-,47-46-. The van der Waals surface area contributed by atoms with Gasteiger partial charge in [0.2, 0.25) is 0 Å². The molecule has 0 aromatic heterocycles. The summed E-state index contributed by atoms with van der Waals surface area (Å²) in [6.45, 7) is 4.76. The van der Waals surface area contributed by atoms with Crippen molar-refractivity contribution in [2.75, 3.05) is 47.5 Å². The zero-order chi connectivity index (χ0) is 60.5. The second-order valence-corrected chi connectivity index (χ2v) is 23.1. The van der Waals surface area contributed by atoms with E-state index in [2.05, 4.69) is 148 Å². The smallest absolute Gasteiger partial charge is 0.361 e. The Balaban J connectivity index is 4.18. The molecule has 9 heteroatoms.